The van der Waals surface area contributed by atoms with Gasteiger partial charge in [-0.05, 0) is 36.1 Å². The van der Waals surface area contributed by atoms with Gasteiger partial charge in [0.25, 0.3) is 0 Å². The quantitative estimate of drug-likeness (QED) is 0.196. The monoisotopic (exact) mass is 510 g/mol. The first-order chi connectivity index (χ1) is 18.1. The molecule has 0 heterocycles. The van der Waals surface area contributed by atoms with Gasteiger partial charge in [0.1, 0.15) is 0 Å². The molecule has 2 rings (SSSR count). The first kappa shape index (κ1) is 30.2. The topological polar surface area (TPSA) is 76.7 Å². The van der Waals surface area contributed by atoms with Crippen LogP contribution in [-0.2, 0) is 15.9 Å². The molecule has 0 atom stereocenters. The van der Waals surface area contributed by atoms with Crippen molar-refractivity contribution in [2.75, 3.05) is 23.8 Å². The van der Waals surface area contributed by atoms with E-state index >= 15 is 0 Å². The first-order valence-electron chi connectivity index (χ1n) is 14.2. The van der Waals surface area contributed by atoms with Crippen LogP contribution in [0.3, 0.4) is 0 Å². The number of carbonyl (C=O) groups excluding carboxylic acids is 2. The smallest absolute Gasteiger partial charge is 0.411 e. The Hall–Kier alpha value is -3.02. The summed E-state index contributed by atoms with van der Waals surface area (Å²) in [6.45, 7) is 5.25. The Balaban J connectivity index is 1.83. The Morgan fingerprint density at radius 3 is 1.38 bits per heavy atom. The number of hydrogen-bond acceptors (Lipinski definition) is 4. The SMILES string of the molecule is CCCCCCCCOC(=O)Nc1ccccc1Cc1ccccc1NC(=O)OCCCCCCCC. The fourth-order valence-corrected chi connectivity index (χ4v) is 4.18. The number of unbranched alkanes of at least 4 members (excludes halogenated alkanes) is 10. The van der Waals surface area contributed by atoms with E-state index in [4.69, 9.17) is 9.47 Å². The van der Waals surface area contributed by atoms with Gasteiger partial charge in [-0.2, -0.15) is 0 Å². The van der Waals surface area contributed by atoms with Crippen molar-refractivity contribution in [3.63, 3.8) is 0 Å². The summed E-state index contributed by atoms with van der Waals surface area (Å²) in [6.07, 6.45) is 13.4. The molecule has 2 amide bonds. The van der Waals surface area contributed by atoms with E-state index in [1.807, 2.05) is 48.5 Å². The summed E-state index contributed by atoms with van der Waals surface area (Å²) in [5, 5.41) is 5.76. The van der Waals surface area contributed by atoms with E-state index in [-0.39, 0.29) is 0 Å². The second kappa shape index (κ2) is 19.1. The lowest BCUT2D eigenvalue weighted by atomic mass is 10.0. The Bertz CT molecular complexity index is 842. The number of carbonyl (C=O) groups is 2. The first-order valence-corrected chi connectivity index (χ1v) is 14.2. The number of hydrogen-bond donors (Lipinski definition) is 2. The summed E-state index contributed by atoms with van der Waals surface area (Å²) >= 11 is 0. The molecule has 2 aromatic rings. The molecule has 0 fully saturated rings. The molecule has 0 saturated heterocycles. The lowest BCUT2D eigenvalue weighted by molar-refractivity contribution is 0.158. The Morgan fingerprint density at radius 1 is 0.568 bits per heavy atom. The van der Waals surface area contributed by atoms with Crippen LogP contribution in [0.25, 0.3) is 0 Å². The third-order valence-electron chi connectivity index (χ3n) is 6.35. The van der Waals surface area contributed by atoms with Crippen molar-refractivity contribution >= 4 is 23.6 Å². The van der Waals surface area contributed by atoms with Crippen molar-refractivity contribution < 1.29 is 19.1 Å². The van der Waals surface area contributed by atoms with E-state index in [1.165, 1.54) is 51.4 Å². The molecular formula is C31H46N2O4. The molecular weight excluding hydrogens is 464 g/mol. The largest absolute Gasteiger partial charge is 0.449 e. The van der Waals surface area contributed by atoms with E-state index in [1.54, 1.807) is 0 Å². The standard InChI is InChI=1S/C31H46N2O4/c1-3-5-7-9-11-17-23-36-30(34)32-28-21-15-13-19-26(28)25-27-20-14-16-22-29(27)33-31(35)37-24-18-12-10-8-6-4-2/h13-16,19-22H,3-12,17-18,23-25H2,1-2H3,(H,32,34)(H,33,35). The Labute approximate surface area is 223 Å². The molecule has 37 heavy (non-hydrogen) atoms. The molecule has 0 bridgehead atoms. The fraction of sp³-hybridized carbons (Fsp3) is 0.548. The predicted octanol–water partition coefficient (Wildman–Crippen LogP) is 9.10. The minimum absolute atomic E-state index is 0.424. The van der Waals surface area contributed by atoms with E-state index in [9.17, 15) is 9.59 Å². The molecule has 2 aromatic carbocycles. The minimum Gasteiger partial charge on any atom is -0.449 e. The molecule has 0 aliphatic rings. The highest BCUT2D eigenvalue weighted by Crippen LogP contribution is 2.24. The number of anilines is 2. The van der Waals surface area contributed by atoms with Gasteiger partial charge in [-0.1, -0.05) is 114 Å². The zero-order chi connectivity index (χ0) is 26.6. The maximum Gasteiger partial charge on any atom is 0.411 e. The molecule has 204 valence electrons. The summed E-state index contributed by atoms with van der Waals surface area (Å²) in [4.78, 5) is 24.7. The molecule has 0 saturated carbocycles. The molecule has 0 aromatic heterocycles. The van der Waals surface area contributed by atoms with Crippen molar-refractivity contribution in [3.8, 4) is 0 Å². The third-order valence-corrected chi connectivity index (χ3v) is 6.35. The summed E-state index contributed by atoms with van der Waals surface area (Å²) < 4.78 is 10.8. The summed E-state index contributed by atoms with van der Waals surface area (Å²) in [5.74, 6) is 0. The van der Waals surface area contributed by atoms with Crippen molar-refractivity contribution in [1.82, 2.24) is 0 Å². The molecule has 0 aliphatic heterocycles. The molecule has 6 heteroatoms. The molecule has 0 radical (unpaired) electrons. The second-order valence-electron chi connectivity index (χ2n) is 9.55. The highest BCUT2D eigenvalue weighted by atomic mass is 16.6. The highest BCUT2D eigenvalue weighted by molar-refractivity contribution is 5.87. The van der Waals surface area contributed by atoms with E-state index < -0.39 is 12.2 Å². The number of nitrogens with one attached hydrogen (secondary N) is 2. The van der Waals surface area contributed by atoms with Crippen LogP contribution in [-0.4, -0.2) is 25.4 Å². The number of ether oxygens (including phenoxy) is 2. The van der Waals surface area contributed by atoms with Gasteiger partial charge < -0.3 is 9.47 Å². The van der Waals surface area contributed by atoms with E-state index in [2.05, 4.69) is 24.5 Å². The van der Waals surface area contributed by atoms with Gasteiger partial charge in [0.15, 0.2) is 0 Å². The lowest BCUT2D eigenvalue weighted by Crippen LogP contribution is -2.17. The van der Waals surface area contributed by atoms with Gasteiger partial charge in [0, 0.05) is 17.8 Å². The summed E-state index contributed by atoms with van der Waals surface area (Å²) in [7, 11) is 0. The van der Waals surface area contributed by atoms with Crippen LogP contribution >= 0.6 is 0 Å². The normalized spacial score (nSPS) is 10.6. The lowest BCUT2D eigenvalue weighted by Gasteiger charge is -2.14. The second-order valence-corrected chi connectivity index (χ2v) is 9.55. The molecule has 2 N–H and O–H groups in total. The van der Waals surface area contributed by atoms with Gasteiger partial charge in [0.2, 0.25) is 0 Å². The third kappa shape index (κ3) is 13.2. The predicted molar refractivity (Wildman–Crippen MR) is 152 cm³/mol. The van der Waals surface area contributed by atoms with Crippen LogP contribution in [0, 0.1) is 0 Å². The van der Waals surface area contributed by atoms with Gasteiger partial charge in [-0.3, -0.25) is 10.6 Å². The number of amides is 2. The zero-order valence-corrected chi connectivity index (χ0v) is 22.9. The van der Waals surface area contributed by atoms with Crippen LogP contribution in [0.4, 0.5) is 21.0 Å². The number of benzene rings is 2. The van der Waals surface area contributed by atoms with Crippen molar-refractivity contribution in [2.24, 2.45) is 0 Å². The molecule has 0 aliphatic carbocycles. The van der Waals surface area contributed by atoms with Crippen molar-refractivity contribution in [1.29, 1.82) is 0 Å². The van der Waals surface area contributed by atoms with Crippen LogP contribution in [0.2, 0.25) is 0 Å². The molecule has 6 nitrogen and oxygen atoms in total. The fourth-order valence-electron chi connectivity index (χ4n) is 4.18. The Morgan fingerprint density at radius 2 is 0.946 bits per heavy atom. The highest BCUT2D eigenvalue weighted by Gasteiger charge is 2.12. The minimum atomic E-state index is -0.439. The number of rotatable bonds is 18. The van der Waals surface area contributed by atoms with Gasteiger partial charge in [0.05, 0.1) is 13.2 Å². The van der Waals surface area contributed by atoms with Crippen LogP contribution in [0.1, 0.15) is 102 Å². The zero-order valence-electron chi connectivity index (χ0n) is 22.9. The van der Waals surface area contributed by atoms with Crippen LogP contribution < -0.4 is 10.6 Å². The van der Waals surface area contributed by atoms with Gasteiger partial charge in [-0.25, -0.2) is 9.59 Å². The summed E-state index contributed by atoms with van der Waals surface area (Å²) in [5.41, 5.74) is 3.29. The maximum atomic E-state index is 12.4. The average molecular weight is 511 g/mol. The van der Waals surface area contributed by atoms with Crippen LogP contribution in [0.5, 0.6) is 0 Å². The average Bonchev–Trinajstić information content (AvgIpc) is 2.90. The number of para-hydroxylation sites is 2. The maximum absolute atomic E-state index is 12.4. The molecule has 0 spiro atoms. The van der Waals surface area contributed by atoms with Crippen molar-refractivity contribution in [3.05, 3.63) is 59.7 Å². The summed E-state index contributed by atoms with van der Waals surface area (Å²) in [6, 6.07) is 15.3. The van der Waals surface area contributed by atoms with Gasteiger partial charge in [-0.15, -0.1) is 0 Å². The van der Waals surface area contributed by atoms with Crippen molar-refractivity contribution in [2.45, 2.75) is 97.3 Å². The van der Waals surface area contributed by atoms with Gasteiger partial charge >= 0.3 is 12.2 Å². The molecule has 0 unspecified atom stereocenters. The Kier molecular flexibility index (Phi) is 15.6. The van der Waals surface area contributed by atoms with Crippen LogP contribution in [0.15, 0.2) is 48.5 Å². The van der Waals surface area contributed by atoms with E-state index in [0.717, 1.165) is 36.8 Å². The van der Waals surface area contributed by atoms with E-state index in [0.29, 0.717) is 31.0 Å².